The Labute approximate surface area is 138 Å². The average Bonchev–Trinajstić information content (AvgIpc) is 3.23. The summed E-state index contributed by atoms with van der Waals surface area (Å²) in [6.07, 6.45) is 3.01. The molecule has 0 bridgehead atoms. The lowest BCUT2D eigenvalue weighted by Gasteiger charge is -2.00. The third-order valence-electron chi connectivity index (χ3n) is 3.29. The van der Waals surface area contributed by atoms with Crippen LogP contribution in [0.25, 0.3) is 11.5 Å². The molecule has 6 nitrogen and oxygen atoms in total. The molecule has 0 saturated carbocycles. The number of hydrogen-bond donors (Lipinski definition) is 0. The number of hydrogen-bond acceptors (Lipinski definition) is 7. The minimum Gasteiger partial charge on any atom is -0.411 e. The maximum atomic E-state index is 5.68. The topological polar surface area (TPSA) is 77.8 Å². The Kier molecular flexibility index (Phi) is 5.07. The predicted molar refractivity (Wildman–Crippen MR) is 86.9 cm³/mol. The van der Waals surface area contributed by atoms with Crippen molar-refractivity contribution >= 4 is 11.8 Å². The van der Waals surface area contributed by atoms with Crippen molar-refractivity contribution in [2.75, 3.05) is 0 Å². The zero-order chi connectivity index (χ0) is 16.1. The van der Waals surface area contributed by atoms with Gasteiger partial charge in [0.2, 0.25) is 11.8 Å². The molecule has 2 heterocycles. The fourth-order valence-electron chi connectivity index (χ4n) is 2.03. The SMILES string of the molecule is CCCCc1noc(C(C)Sc2nnc(-c3ccccc3)o2)n1. The summed E-state index contributed by atoms with van der Waals surface area (Å²) >= 11 is 1.41. The second-order valence-corrected chi connectivity index (χ2v) is 6.44. The lowest BCUT2D eigenvalue weighted by molar-refractivity contribution is 0.373. The highest BCUT2D eigenvalue weighted by molar-refractivity contribution is 7.99. The summed E-state index contributed by atoms with van der Waals surface area (Å²) in [5, 5.41) is 12.6. The molecule has 23 heavy (non-hydrogen) atoms. The first-order valence-electron chi connectivity index (χ1n) is 7.64. The zero-order valence-corrected chi connectivity index (χ0v) is 13.9. The highest BCUT2D eigenvalue weighted by atomic mass is 32.2. The first-order valence-corrected chi connectivity index (χ1v) is 8.52. The van der Waals surface area contributed by atoms with Crippen LogP contribution in [-0.4, -0.2) is 20.3 Å². The number of aromatic nitrogens is 4. The molecular formula is C16H18N4O2S. The van der Waals surface area contributed by atoms with E-state index in [-0.39, 0.29) is 5.25 Å². The van der Waals surface area contributed by atoms with Gasteiger partial charge in [0, 0.05) is 12.0 Å². The quantitative estimate of drug-likeness (QED) is 0.597. The number of nitrogens with zero attached hydrogens (tertiary/aromatic N) is 4. The monoisotopic (exact) mass is 330 g/mol. The molecule has 3 rings (SSSR count). The standard InChI is InChI=1S/C16H18N4O2S/c1-3-4-10-13-17-14(22-20-13)11(2)23-16-19-18-15(21-16)12-8-6-5-7-9-12/h5-9,11H,3-4,10H2,1-2H3. The van der Waals surface area contributed by atoms with Gasteiger partial charge in [-0.2, -0.15) is 4.98 Å². The molecule has 1 aromatic carbocycles. The van der Waals surface area contributed by atoms with Crippen LogP contribution in [0, 0.1) is 0 Å². The van der Waals surface area contributed by atoms with Crippen LogP contribution in [0.4, 0.5) is 0 Å². The van der Waals surface area contributed by atoms with Gasteiger partial charge in [0.15, 0.2) is 5.82 Å². The summed E-state index contributed by atoms with van der Waals surface area (Å²) in [6, 6.07) is 9.69. The van der Waals surface area contributed by atoms with Crippen molar-refractivity contribution in [2.45, 2.75) is 43.6 Å². The summed E-state index contributed by atoms with van der Waals surface area (Å²) < 4.78 is 11.0. The van der Waals surface area contributed by atoms with Crippen molar-refractivity contribution in [3.8, 4) is 11.5 Å². The van der Waals surface area contributed by atoms with Gasteiger partial charge in [-0.1, -0.05) is 48.5 Å². The summed E-state index contributed by atoms with van der Waals surface area (Å²) in [4.78, 5) is 4.42. The number of unbranched alkanes of at least 4 members (excludes halogenated alkanes) is 1. The van der Waals surface area contributed by atoms with Crippen LogP contribution in [0.5, 0.6) is 0 Å². The van der Waals surface area contributed by atoms with Crippen molar-refractivity contribution in [1.82, 2.24) is 20.3 Å². The van der Waals surface area contributed by atoms with Crippen molar-refractivity contribution in [3.05, 3.63) is 42.0 Å². The third kappa shape index (κ3) is 3.98. The molecule has 3 aromatic rings. The fraction of sp³-hybridized carbons (Fsp3) is 0.375. The molecule has 2 aromatic heterocycles. The van der Waals surface area contributed by atoms with E-state index in [1.807, 2.05) is 37.3 Å². The predicted octanol–water partition coefficient (Wildman–Crippen LogP) is 4.32. The Morgan fingerprint density at radius 3 is 2.78 bits per heavy atom. The lowest BCUT2D eigenvalue weighted by Crippen LogP contribution is -1.91. The van der Waals surface area contributed by atoms with Gasteiger partial charge in [-0.25, -0.2) is 0 Å². The van der Waals surface area contributed by atoms with E-state index < -0.39 is 0 Å². The highest BCUT2D eigenvalue weighted by Crippen LogP contribution is 2.34. The van der Waals surface area contributed by atoms with Crippen LogP contribution >= 0.6 is 11.8 Å². The van der Waals surface area contributed by atoms with E-state index >= 15 is 0 Å². The van der Waals surface area contributed by atoms with E-state index in [4.69, 9.17) is 8.94 Å². The molecule has 1 atom stereocenters. The Hall–Kier alpha value is -2.15. The van der Waals surface area contributed by atoms with Crippen LogP contribution in [-0.2, 0) is 6.42 Å². The Morgan fingerprint density at radius 1 is 1.17 bits per heavy atom. The van der Waals surface area contributed by atoms with E-state index in [1.165, 1.54) is 11.8 Å². The summed E-state index contributed by atoms with van der Waals surface area (Å²) in [6.45, 7) is 4.12. The Morgan fingerprint density at radius 2 is 2.00 bits per heavy atom. The van der Waals surface area contributed by atoms with Crippen molar-refractivity contribution in [1.29, 1.82) is 0 Å². The lowest BCUT2D eigenvalue weighted by atomic mass is 10.2. The van der Waals surface area contributed by atoms with Crippen LogP contribution in [0.1, 0.15) is 43.7 Å². The van der Waals surface area contributed by atoms with Gasteiger partial charge in [-0.05, 0) is 25.5 Å². The van der Waals surface area contributed by atoms with Crippen molar-refractivity contribution < 1.29 is 8.94 Å². The normalized spacial score (nSPS) is 12.4. The first kappa shape index (κ1) is 15.7. The molecular weight excluding hydrogens is 312 g/mol. The summed E-state index contributed by atoms with van der Waals surface area (Å²) in [5.74, 6) is 1.85. The number of aryl methyl sites for hydroxylation is 1. The van der Waals surface area contributed by atoms with E-state index in [0.717, 1.165) is 30.7 Å². The molecule has 0 radical (unpaired) electrons. The largest absolute Gasteiger partial charge is 0.411 e. The van der Waals surface area contributed by atoms with Crippen LogP contribution < -0.4 is 0 Å². The van der Waals surface area contributed by atoms with E-state index in [2.05, 4.69) is 27.3 Å². The number of benzene rings is 1. The molecule has 0 aliphatic carbocycles. The molecule has 0 spiro atoms. The molecule has 0 saturated heterocycles. The molecule has 0 amide bonds. The summed E-state index contributed by atoms with van der Waals surface area (Å²) in [7, 11) is 0. The molecule has 0 fully saturated rings. The summed E-state index contributed by atoms with van der Waals surface area (Å²) in [5.41, 5.74) is 0.902. The number of rotatable bonds is 7. The van der Waals surface area contributed by atoms with E-state index in [9.17, 15) is 0 Å². The third-order valence-corrected chi connectivity index (χ3v) is 4.21. The second-order valence-electron chi connectivity index (χ2n) is 5.15. The van der Waals surface area contributed by atoms with Gasteiger partial charge in [0.1, 0.15) is 0 Å². The van der Waals surface area contributed by atoms with Gasteiger partial charge in [0.05, 0.1) is 5.25 Å². The Balaban J connectivity index is 1.65. The van der Waals surface area contributed by atoms with Gasteiger partial charge >= 0.3 is 0 Å². The molecule has 0 aliphatic heterocycles. The van der Waals surface area contributed by atoms with Crippen LogP contribution in [0.3, 0.4) is 0 Å². The highest BCUT2D eigenvalue weighted by Gasteiger charge is 2.19. The van der Waals surface area contributed by atoms with Crippen LogP contribution in [0.15, 0.2) is 44.5 Å². The minimum atomic E-state index is -0.0399. The van der Waals surface area contributed by atoms with Crippen molar-refractivity contribution in [3.63, 3.8) is 0 Å². The molecule has 7 heteroatoms. The molecule has 120 valence electrons. The van der Waals surface area contributed by atoms with Gasteiger partial charge in [-0.3, -0.25) is 0 Å². The molecule has 1 unspecified atom stereocenters. The van der Waals surface area contributed by atoms with Gasteiger partial charge in [0.25, 0.3) is 5.22 Å². The van der Waals surface area contributed by atoms with Gasteiger partial charge in [-0.15, -0.1) is 10.2 Å². The maximum Gasteiger partial charge on any atom is 0.277 e. The van der Waals surface area contributed by atoms with Gasteiger partial charge < -0.3 is 8.94 Å². The molecule has 0 aliphatic rings. The Bertz CT molecular complexity index is 741. The first-order chi connectivity index (χ1) is 11.3. The van der Waals surface area contributed by atoms with E-state index in [0.29, 0.717) is 17.0 Å². The molecule has 0 N–H and O–H groups in total. The van der Waals surface area contributed by atoms with Crippen molar-refractivity contribution in [2.24, 2.45) is 0 Å². The number of thioether (sulfide) groups is 1. The second kappa shape index (κ2) is 7.41. The maximum absolute atomic E-state index is 5.68. The minimum absolute atomic E-state index is 0.0399. The van der Waals surface area contributed by atoms with Crippen LogP contribution in [0.2, 0.25) is 0 Å². The zero-order valence-electron chi connectivity index (χ0n) is 13.1. The smallest absolute Gasteiger partial charge is 0.277 e. The fourth-order valence-corrected chi connectivity index (χ4v) is 2.74. The van der Waals surface area contributed by atoms with E-state index in [1.54, 1.807) is 0 Å². The average molecular weight is 330 g/mol.